The van der Waals surface area contributed by atoms with Gasteiger partial charge in [-0.05, 0) is 43.7 Å². The Bertz CT molecular complexity index is 1040. The molecule has 2 saturated heterocycles. The smallest absolute Gasteiger partial charge is 0.379 e. The van der Waals surface area contributed by atoms with E-state index in [1.165, 1.54) is 4.90 Å². The topological polar surface area (TPSA) is 110 Å². The highest BCUT2D eigenvalue weighted by Gasteiger charge is 2.59. The number of ether oxygens (including phenoxy) is 2. The molecule has 3 fully saturated rings. The van der Waals surface area contributed by atoms with Crippen LogP contribution in [-0.2, 0) is 33.4 Å². The molecule has 3 N–H and O–H groups in total. The lowest BCUT2D eigenvalue weighted by Gasteiger charge is -2.37. The normalized spacial score (nSPS) is 31.8. The Hall–Kier alpha value is -2.44. The molecule has 9 nitrogen and oxygen atoms in total. The number of alkyl halides is 3. The third kappa shape index (κ3) is 5.03. The number of nitrogens with two attached hydrogens (primary N) is 1. The second-order valence-electron chi connectivity index (χ2n) is 10.6. The van der Waals surface area contributed by atoms with Gasteiger partial charge in [-0.15, -0.1) is 0 Å². The van der Waals surface area contributed by atoms with Crippen molar-refractivity contribution in [2.75, 3.05) is 39.5 Å². The van der Waals surface area contributed by atoms with E-state index in [-0.39, 0.29) is 43.1 Å². The molecule has 3 unspecified atom stereocenters. The van der Waals surface area contributed by atoms with E-state index in [9.17, 15) is 22.8 Å². The van der Waals surface area contributed by atoms with E-state index in [0.29, 0.717) is 63.4 Å². The van der Waals surface area contributed by atoms with Crippen LogP contribution in [0.25, 0.3) is 0 Å². The third-order valence-electron chi connectivity index (χ3n) is 8.40. The van der Waals surface area contributed by atoms with Gasteiger partial charge >= 0.3 is 12.2 Å². The summed E-state index contributed by atoms with van der Waals surface area (Å²) in [6.07, 6.45) is -1.29. The average molecular weight is 526 g/mol. The first-order chi connectivity index (χ1) is 17.6. The summed E-state index contributed by atoms with van der Waals surface area (Å²) in [5.41, 5.74) is 4.96. The monoisotopic (exact) mass is 525 g/mol. The Morgan fingerprint density at radius 2 is 2.16 bits per heavy atom. The number of urea groups is 1. The van der Waals surface area contributed by atoms with Crippen LogP contribution in [0.4, 0.5) is 18.0 Å². The van der Waals surface area contributed by atoms with Crippen molar-refractivity contribution in [3.63, 3.8) is 0 Å². The minimum absolute atomic E-state index is 0.0469. The lowest BCUT2D eigenvalue weighted by molar-refractivity contribution is -0.143. The van der Waals surface area contributed by atoms with E-state index in [2.05, 4.69) is 10.3 Å². The van der Waals surface area contributed by atoms with Crippen molar-refractivity contribution in [3.05, 3.63) is 29.1 Å². The fourth-order valence-corrected chi connectivity index (χ4v) is 6.65. The Balaban J connectivity index is 1.35. The summed E-state index contributed by atoms with van der Waals surface area (Å²) in [6, 6.07) is 0.686. The quantitative estimate of drug-likeness (QED) is 0.608. The standard InChI is InChI=1S/C25H34F3N5O4/c1-2-37-21-13-36-6-4-20(21)31-18-8-17-12-33(23(29)35)14-24(17,9-18)22(34)32-5-3-19-15(11-32)7-16(10-30-19)25(26,27)28/h7,10,17-18,20-21,31H,2-6,8-9,11-14H2,1H3,(H2,29,35)/t17-,18?,20?,21?,24-/m0/s1. The number of nitrogens with one attached hydrogen (secondary N) is 1. The summed E-state index contributed by atoms with van der Waals surface area (Å²) < 4.78 is 51.3. The van der Waals surface area contributed by atoms with Crippen molar-refractivity contribution < 1.29 is 32.2 Å². The minimum atomic E-state index is -4.50. The zero-order valence-electron chi connectivity index (χ0n) is 20.9. The van der Waals surface area contributed by atoms with E-state index in [1.807, 2.05) is 6.92 Å². The van der Waals surface area contributed by atoms with Crippen LogP contribution >= 0.6 is 0 Å². The van der Waals surface area contributed by atoms with Crippen LogP contribution < -0.4 is 11.1 Å². The Kier molecular flexibility index (Phi) is 7.10. The molecular weight excluding hydrogens is 491 g/mol. The molecule has 5 atom stereocenters. The molecule has 0 bridgehead atoms. The molecule has 4 heterocycles. The van der Waals surface area contributed by atoms with Crippen molar-refractivity contribution in [1.29, 1.82) is 0 Å². The largest absolute Gasteiger partial charge is 0.417 e. The van der Waals surface area contributed by atoms with Gasteiger partial charge in [-0.3, -0.25) is 9.78 Å². The number of primary amides is 1. The lowest BCUT2D eigenvalue weighted by Crippen LogP contribution is -2.52. The van der Waals surface area contributed by atoms with Crippen LogP contribution in [0.2, 0.25) is 0 Å². The van der Waals surface area contributed by atoms with E-state index < -0.39 is 23.2 Å². The molecule has 4 aliphatic rings. The molecule has 5 rings (SSSR count). The van der Waals surface area contributed by atoms with Crippen LogP contribution in [0.15, 0.2) is 12.3 Å². The van der Waals surface area contributed by atoms with Gasteiger partial charge in [-0.25, -0.2) is 4.79 Å². The zero-order chi connectivity index (χ0) is 26.4. The Morgan fingerprint density at radius 3 is 2.89 bits per heavy atom. The maximum absolute atomic E-state index is 14.1. The van der Waals surface area contributed by atoms with Gasteiger partial charge in [0.2, 0.25) is 5.91 Å². The highest BCUT2D eigenvalue weighted by atomic mass is 19.4. The van der Waals surface area contributed by atoms with Gasteiger partial charge < -0.3 is 30.3 Å². The molecular formula is C25H34F3N5O4. The molecule has 3 aliphatic heterocycles. The summed E-state index contributed by atoms with van der Waals surface area (Å²) in [5.74, 6) is -0.210. The highest BCUT2D eigenvalue weighted by Crippen LogP contribution is 2.50. The summed E-state index contributed by atoms with van der Waals surface area (Å²) in [4.78, 5) is 33.3. The van der Waals surface area contributed by atoms with E-state index in [4.69, 9.17) is 15.2 Å². The molecule has 12 heteroatoms. The molecule has 0 radical (unpaired) electrons. The zero-order valence-corrected chi connectivity index (χ0v) is 20.9. The highest BCUT2D eigenvalue weighted by molar-refractivity contribution is 5.86. The predicted molar refractivity (Wildman–Crippen MR) is 126 cm³/mol. The van der Waals surface area contributed by atoms with Gasteiger partial charge in [-0.2, -0.15) is 13.2 Å². The average Bonchev–Trinajstić information content (AvgIpc) is 3.39. The van der Waals surface area contributed by atoms with Crippen LogP contribution in [0.5, 0.6) is 0 Å². The Labute approximate surface area is 213 Å². The van der Waals surface area contributed by atoms with Crippen LogP contribution in [0.3, 0.4) is 0 Å². The molecule has 1 aromatic heterocycles. The lowest BCUT2D eigenvalue weighted by atomic mass is 9.78. The second kappa shape index (κ2) is 10.0. The molecule has 1 saturated carbocycles. The van der Waals surface area contributed by atoms with Gasteiger partial charge in [0.05, 0.1) is 23.7 Å². The number of hydrogen-bond acceptors (Lipinski definition) is 6. The predicted octanol–water partition coefficient (Wildman–Crippen LogP) is 1.93. The van der Waals surface area contributed by atoms with E-state index in [0.717, 1.165) is 18.7 Å². The minimum Gasteiger partial charge on any atom is -0.379 e. The van der Waals surface area contributed by atoms with Gasteiger partial charge in [-0.1, -0.05) is 0 Å². The van der Waals surface area contributed by atoms with Gasteiger partial charge in [0.25, 0.3) is 0 Å². The van der Waals surface area contributed by atoms with Gasteiger partial charge in [0.15, 0.2) is 0 Å². The molecule has 1 aliphatic carbocycles. The van der Waals surface area contributed by atoms with Crippen molar-refractivity contribution in [3.8, 4) is 0 Å². The summed E-state index contributed by atoms with van der Waals surface area (Å²) in [5, 5.41) is 3.70. The van der Waals surface area contributed by atoms with Gasteiger partial charge in [0.1, 0.15) is 0 Å². The number of likely N-dealkylation sites (tertiary alicyclic amines) is 1. The maximum atomic E-state index is 14.1. The Morgan fingerprint density at radius 1 is 1.35 bits per heavy atom. The number of rotatable bonds is 5. The molecule has 0 aromatic carbocycles. The number of pyridine rings is 1. The first kappa shape index (κ1) is 26.2. The van der Waals surface area contributed by atoms with Gasteiger partial charge in [0, 0.05) is 69.8 Å². The fourth-order valence-electron chi connectivity index (χ4n) is 6.65. The van der Waals surface area contributed by atoms with Crippen molar-refractivity contribution in [1.82, 2.24) is 20.1 Å². The molecule has 0 spiro atoms. The number of hydrogen-bond donors (Lipinski definition) is 2. The first-order valence-electron chi connectivity index (χ1n) is 12.9. The third-order valence-corrected chi connectivity index (χ3v) is 8.40. The second-order valence-corrected chi connectivity index (χ2v) is 10.6. The number of aromatic nitrogens is 1. The molecule has 1 aromatic rings. The van der Waals surface area contributed by atoms with Crippen LogP contribution in [0.1, 0.15) is 43.0 Å². The fraction of sp³-hybridized carbons (Fsp3) is 0.720. The van der Waals surface area contributed by atoms with Crippen molar-refractivity contribution >= 4 is 11.9 Å². The summed E-state index contributed by atoms with van der Waals surface area (Å²) >= 11 is 0. The molecule has 204 valence electrons. The maximum Gasteiger partial charge on any atom is 0.417 e. The number of carbonyl (C=O) groups is 2. The SMILES string of the molecule is CCOC1COCCC1NC1C[C@H]2CN(C(N)=O)C[C@@]2(C(=O)N2CCc3ncc(C(F)(F)F)cc3C2)C1. The van der Waals surface area contributed by atoms with Crippen molar-refractivity contribution in [2.45, 2.75) is 63.5 Å². The molecule has 37 heavy (non-hydrogen) atoms. The number of fused-ring (bicyclic) bond motifs is 2. The molecule has 3 amide bonds. The summed E-state index contributed by atoms with van der Waals surface area (Å²) in [6.45, 7) is 4.74. The first-order valence-corrected chi connectivity index (χ1v) is 12.9. The number of nitrogens with zero attached hydrogens (tertiary/aromatic N) is 3. The number of carbonyl (C=O) groups excluding carboxylic acids is 2. The van der Waals surface area contributed by atoms with Crippen LogP contribution in [-0.4, -0.2) is 84.4 Å². The number of halogens is 3. The van der Waals surface area contributed by atoms with Crippen molar-refractivity contribution in [2.24, 2.45) is 17.1 Å². The summed E-state index contributed by atoms with van der Waals surface area (Å²) in [7, 11) is 0. The van der Waals surface area contributed by atoms with E-state index in [1.54, 1.807) is 4.90 Å². The number of amides is 3. The van der Waals surface area contributed by atoms with Crippen LogP contribution in [0, 0.1) is 11.3 Å². The van der Waals surface area contributed by atoms with E-state index >= 15 is 0 Å².